The van der Waals surface area contributed by atoms with Gasteiger partial charge in [0, 0.05) is 11.6 Å². The topological polar surface area (TPSA) is 67.1 Å². The molecule has 1 heterocycles. The van der Waals surface area contributed by atoms with Crippen molar-refractivity contribution in [1.82, 2.24) is 10.2 Å². The molecule has 2 aromatic rings. The summed E-state index contributed by atoms with van der Waals surface area (Å²) in [5.41, 5.74) is 2.47. The second-order valence-corrected chi connectivity index (χ2v) is 3.69. The zero-order chi connectivity index (χ0) is 12.4. The van der Waals surface area contributed by atoms with Crippen LogP contribution in [0.3, 0.4) is 0 Å². The first-order valence-electron chi connectivity index (χ1n) is 5.16. The van der Waals surface area contributed by atoms with Crippen LogP contribution < -0.4 is 15.0 Å². The number of rotatable bonds is 3. The van der Waals surface area contributed by atoms with Crippen LogP contribution in [-0.4, -0.2) is 24.4 Å². The van der Waals surface area contributed by atoms with Crippen molar-refractivity contribution in [3.8, 4) is 22.8 Å². The van der Waals surface area contributed by atoms with Gasteiger partial charge in [-0.2, -0.15) is 0 Å². The Morgan fingerprint density at radius 2 is 1.65 bits per heavy atom. The Balaban J connectivity index is 2.58. The van der Waals surface area contributed by atoms with E-state index in [1.807, 2.05) is 19.1 Å². The summed E-state index contributed by atoms with van der Waals surface area (Å²) in [6.07, 6.45) is 0. The summed E-state index contributed by atoms with van der Waals surface area (Å²) in [7, 11) is 3.17. The van der Waals surface area contributed by atoms with E-state index in [9.17, 15) is 4.79 Å². The van der Waals surface area contributed by atoms with Crippen molar-refractivity contribution in [2.45, 2.75) is 6.92 Å². The predicted molar refractivity (Wildman–Crippen MR) is 64.7 cm³/mol. The number of H-pyrrole nitrogens is 2. The first-order chi connectivity index (χ1) is 8.15. The van der Waals surface area contributed by atoms with Gasteiger partial charge in [-0.3, -0.25) is 15.0 Å². The minimum Gasteiger partial charge on any atom is -0.493 e. The Morgan fingerprint density at radius 3 is 2.18 bits per heavy atom. The summed E-state index contributed by atoms with van der Waals surface area (Å²) >= 11 is 0. The normalized spacial score (nSPS) is 10.3. The summed E-state index contributed by atoms with van der Waals surface area (Å²) in [4.78, 5) is 11.1. The van der Waals surface area contributed by atoms with Gasteiger partial charge in [-0.05, 0) is 24.6 Å². The molecule has 2 N–H and O–H groups in total. The molecule has 1 aromatic heterocycles. The molecular weight excluding hydrogens is 220 g/mol. The highest BCUT2D eigenvalue weighted by molar-refractivity contribution is 5.67. The van der Waals surface area contributed by atoms with Crippen LogP contribution in [0.2, 0.25) is 0 Å². The van der Waals surface area contributed by atoms with E-state index in [0.717, 1.165) is 16.8 Å². The van der Waals surface area contributed by atoms with Gasteiger partial charge < -0.3 is 9.47 Å². The van der Waals surface area contributed by atoms with Gasteiger partial charge in [-0.25, -0.2) is 0 Å². The van der Waals surface area contributed by atoms with E-state index >= 15 is 0 Å². The molecule has 0 aliphatic carbocycles. The fraction of sp³-hybridized carbons (Fsp3) is 0.250. The molecule has 0 amide bonds. The van der Waals surface area contributed by atoms with Crippen LogP contribution in [0.5, 0.6) is 11.5 Å². The molecule has 17 heavy (non-hydrogen) atoms. The van der Waals surface area contributed by atoms with Gasteiger partial charge in [0.1, 0.15) is 0 Å². The molecule has 0 bridgehead atoms. The highest BCUT2D eigenvalue weighted by atomic mass is 16.5. The molecule has 5 nitrogen and oxygen atoms in total. The van der Waals surface area contributed by atoms with Crippen molar-refractivity contribution in [3.05, 3.63) is 34.1 Å². The molecule has 0 fully saturated rings. The lowest BCUT2D eigenvalue weighted by molar-refractivity contribution is 0.355. The van der Waals surface area contributed by atoms with Crippen molar-refractivity contribution in [2.75, 3.05) is 14.2 Å². The minimum atomic E-state index is -0.158. The average Bonchev–Trinajstić information content (AvgIpc) is 2.75. The summed E-state index contributed by atoms with van der Waals surface area (Å²) < 4.78 is 10.4. The van der Waals surface area contributed by atoms with Gasteiger partial charge in [-0.1, -0.05) is 0 Å². The van der Waals surface area contributed by atoms with Crippen LogP contribution in [0.15, 0.2) is 23.0 Å². The number of benzene rings is 1. The lowest BCUT2D eigenvalue weighted by atomic mass is 10.0. The van der Waals surface area contributed by atoms with E-state index in [1.54, 1.807) is 14.2 Å². The molecule has 5 heteroatoms. The number of aryl methyl sites for hydroxylation is 1. The van der Waals surface area contributed by atoms with Crippen molar-refractivity contribution in [2.24, 2.45) is 0 Å². The number of methoxy groups -OCH3 is 2. The van der Waals surface area contributed by atoms with Crippen LogP contribution in [0.25, 0.3) is 11.3 Å². The molecule has 0 saturated heterocycles. The monoisotopic (exact) mass is 234 g/mol. The largest absolute Gasteiger partial charge is 0.493 e. The number of nitrogens with one attached hydrogen (secondary N) is 2. The highest BCUT2D eigenvalue weighted by Gasteiger charge is 2.11. The predicted octanol–water partition coefficient (Wildman–Crippen LogP) is 1.70. The molecule has 90 valence electrons. The van der Waals surface area contributed by atoms with E-state index in [4.69, 9.17) is 9.47 Å². The minimum absolute atomic E-state index is 0.158. The van der Waals surface area contributed by atoms with E-state index in [-0.39, 0.29) is 5.56 Å². The van der Waals surface area contributed by atoms with Crippen molar-refractivity contribution in [1.29, 1.82) is 0 Å². The summed E-state index contributed by atoms with van der Waals surface area (Å²) in [6.45, 7) is 1.95. The standard InChI is InChI=1S/C12H14N2O3/c1-7-4-10(16-2)11(17-3)5-8(7)9-6-12(15)14-13-9/h4-6H,1-3H3,(H2,13,14,15). The zero-order valence-corrected chi connectivity index (χ0v) is 9.96. The first kappa shape index (κ1) is 11.3. The molecule has 0 aliphatic heterocycles. The van der Waals surface area contributed by atoms with Crippen LogP contribution in [0.1, 0.15) is 5.56 Å². The summed E-state index contributed by atoms with van der Waals surface area (Å²) in [5.74, 6) is 1.31. The van der Waals surface area contributed by atoms with E-state index < -0.39 is 0 Å². The third kappa shape index (κ3) is 2.04. The van der Waals surface area contributed by atoms with E-state index in [1.165, 1.54) is 6.07 Å². The third-order valence-corrected chi connectivity index (χ3v) is 2.62. The first-order valence-corrected chi connectivity index (χ1v) is 5.16. The zero-order valence-electron chi connectivity index (χ0n) is 9.96. The van der Waals surface area contributed by atoms with Crippen molar-refractivity contribution >= 4 is 0 Å². The maximum Gasteiger partial charge on any atom is 0.264 e. The van der Waals surface area contributed by atoms with Crippen LogP contribution in [0.4, 0.5) is 0 Å². The second-order valence-electron chi connectivity index (χ2n) is 3.69. The fourth-order valence-corrected chi connectivity index (χ4v) is 1.75. The van der Waals surface area contributed by atoms with E-state index in [0.29, 0.717) is 11.5 Å². The second kappa shape index (κ2) is 4.37. The lowest BCUT2D eigenvalue weighted by Crippen LogP contribution is -1.94. The maximum absolute atomic E-state index is 11.1. The Kier molecular flexibility index (Phi) is 2.91. The highest BCUT2D eigenvalue weighted by Crippen LogP contribution is 2.34. The quantitative estimate of drug-likeness (QED) is 0.849. The molecule has 0 saturated carbocycles. The maximum atomic E-state index is 11.1. The Morgan fingerprint density at radius 1 is 1.00 bits per heavy atom. The number of aromatic nitrogens is 2. The molecule has 0 unspecified atom stereocenters. The van der Waals surface area contributed by atoms with Crippen LogP contribution in [0, 0.1) is 6.92 Å². The summed E-state index contributed by atoms with van der Waals surface area (Å²) in [5, 5.41) is 5.33. The fourth-order valence-electron chi connectivity index (χ4n) is 1.75. The van der Waals surface area contributed by atoms with Gasteiger partial charge in [0.05, 0.1) is 19.9 Å². The van der Waals surface area contributed by atoms with Crippen LogP contribution >= 0.6 is 0 Å². The lowest BCUT2D eigenvalue weighted by Gasteiger charge is -2.11. The number of aromatic amines is 2. The van der Waals surface area contributed by atoms with Crippen molar-refractivity contribution in [3.63, 3.8) is 0 Å². The summed E-state index contributed by atoms with van der Waals surface area (Å²) in [6, 6.07) is 5.22. The van der Waals surface area contributed by atoms with Gasteiger partial charge in [0.2, 0.25) is 0 Å². The van der Waals surface area contributed by atoms with Gasteiger partial charge >= 0.3 is 0 Å². The molecule has 0 spiro atoms. The molecule has 0 radical (unpaired) electrons. The molecular formula is C12H14N2O3. The van der Waals surface area contributed by atoms with E-state index in [2.05, 4.69) is 10.2 Å². The average molecular weight is 234 g/mol. The van der Waals surface area contributed by atoms with Crippen molar-refractivity contribution < 1.29 is 9.47 Å². The van der Waals surface area contributed by atoms with Gasteiger partial charge in [0.25, 0.3) is 5.56 Å². The Labute approximate surface area is 98.4 Å². The molecule has 2 rings (SSSR count). The molecule has 0 aliphatic rings. The number of hydrogen-bond acceptors (Lipinski definition) is 3. The molecule has 0 atom stereocenters. The number of ether oxygens (including phenoxy) is 2. The molecule has 1 aromatic carbocycles. The van der Waals surface area contributed by atoms with Gasteiger partial charge in [0.15, 0.2) is 11.5 Å². The Bertz CT molecular complexity index is 584. The third-order valence-electron chi connectivity index (χ3n) is 2.62. The SMILES string of the molecule is COc1cc(C)c(-c2cc(=O)[nH][nH]2)cc1OC. The van der Waals surface area contributed by atoms with Gasteiger partial charge in [-0.15, -0.1) is 0 Å². The Hall–Kier alpha value is -2.17. The smallest absolute Gasteiger partial charge is 0.264 e. The van der Waals surface area contributed by atoms with Crippen LogP contribution in [-0.2, 0) is 0 Å². The number of hydrogen-bond donors (Lipinski definition) is 2.